The number of benzene rings is 3. The van der Waals surface area contributed by atoms with E-state index < -0.39 is 0 Å². The third-order valence-corrected chi connectivity index (χ3v) is 7.67. The highest BCUT2D eigenvalue weighted by molar-refractivity contribution is 7.18. The molecule has 1 aliphatic rings. The molecule has 0 saturated carbocycles. The standard InChI is InChI=1S/C30H31NOS/c1-2-24-8-3-4-12-28(24)30-14-13-29(33-30)25-9-6-11-27(21-25)31-26-10-5-7-23(20-26)19-22-15-17-32-18-16-22/h3-14,20-22,31H,2,15-19H2,1H3. The van der Waals surface area contributed by atoms with Crippen molar-refractivity contribution in [3.05, 3.63) is 96.1 Å². The summed E-state index contributed by atoms with van der Waals surface area (Å²) in [6, 6.07) is 30.9. The van der Waals surface area contributed by atoms with Gasteiger partial charge >= 0.3 is 0 Å². The van der Waals surface area contributed by atoms with Crippen molar-refractivity contribution in [1.82, 2.24) is 0 Å². The van der Waals surface area contributed by atoms with Crippen LogP contribution in [0, 0.1) is 5.92 Å². The summed E-state index contributed by atoms with van der Waals surface area (Å²) in [5.41, 5.74) is 7.69. The highest BCUT2D eigenvalue weighted by atomic mass is 32.1. The fourth-order valence-electron chi connectivity index (χ4n) is 4.68. The van der Waals surface area contributed by atoms with E-state index in [1.807, 2.05) is 11.3 Å². The van der Waals surface area contributed by atoms with Gasteiger partial charge in [-0.1, -0.05) is 55.5 Å². The van der Waals surface area contributed by atoms with Gasteiger partial charge in [-0.15, -0.1) is 11.3 Å². The summed E-state index contributed by atoms with van der Waals surface area (Å²) in [6.07, 6.45) is 4.53. The van der Waals surface area contributed by atoms with Crippen molar-refractivity contribution in [3.8, 4) is 20.9 Å². The SMILES string of the molecule is CCc1ccccc1-c1ccc(-c2cccc(Nc3cccc(CC4CCOCC4)c3)c2)s1. The summed E-state index contributed by atoms with van der Waals surface area (Å²) < 4.78 is 5.51. The van der Waals surface area contributed by atoms with Crippen LogP contribution < -0.4 is 5.32 Å². The molecular weight excluding hydrogens is 422 g/mol. The van der Waals surface area contributed by atoms with E-state index in [2.05, 4.69) is 97.2 Å². The van der Waals surface area contributed by atoms with Crippen molar-refractivity contribution in [2.24, 2.45) is 5.92 Å². The number of thiophene rings is 1. The van der Waals surface area contributed by atoms with Crippen molar-refractivity contribution in [3.63, 3.8) is 0 Å². The average molecular weight is 454 g/mol. The summed E-state index contributed by atoms with van der Waals surface area (Å²) in [7, 11) is 0. The quantitative estimate of drug-likeness (QED) is 0.303. The summed E-state index contributed by atoms with van der Waals surface area (Å²) in [5, 5.41) is 3.63. The lowest BCUT2D eigenvalue weighted by atomic mass is 9.92. The van der Waals surface area contributed by atoms with E-state index in [0.29, 0.717) is 0 Å². The number of nitrogens with one attached hydrogen (secondary N) is 1. The first kappa shape index (κ1) is 21.9. The molecule has 4 aromatic rings. The van der Waals surface area contributed by atoms with E-state index in [9.17, 15) is 0 Å². The Balaban J connectivity index is 1.32. The van der Waals surface area contributed by atoms with Crippen LogP contribution in [0.3, 0.4) is 0 Å². The van der Waals surface area contributed by atoms with Crippen LogP contribution in [0.4, 0.5) is 11.4 Å². The van der Waals surface area contributed by atoms with Gasteiger partial charge < -0.3 is 10.1 Å². The Hall–Kier alpha value is -2.88. The van der Waals surface area contributed by atoms with E-state index >= 15 is 0 Å². The summed E-state index contributed by atoms with van der Waals surface area (Å²) in [6.45, 7) is 4.04. The second-order valence-corrected chi connectivity index (χ2v) is 9.92. The molecule has 3 aromatic carbocycles. The third kappa shape index (κ3) is 5.38. The Morgan fingerprint density at radius 2 is 1.58 bits per heavy atom. The molecule has 3 heteroatoms. The number of hydrogen-bond donors (Lipinski definition) is 1. The van der Waals surface area contributed by atoms with Crippen LogP contribution in [-0.4, -0.2) is 13.2 Å². The van der Waals surface area contributed by atoms with Crippen molar-refractivity contribution in [2.45, 2.75) is 32.6 Å². The van der Waals surface area contributed by atoms with Gasteiger partial charge in [0, 0.05) is 34.3 Å². The van der Waals surface area contributed by atoms with E-state index in [4.69, 9.17) is 4.74 Å². The molecule has 0 bridgehead atoms. The van der Waals surface area contributed by atoms with Crippen molar-refractivity contribution in [2.75, 3.05) is 18.5 Å². The maximum absolute atomic E-state index is 5.51. The average Bonchev–Trinajstić information content (AvgIpc) is 3.35. The molecule has 1 aromatic heterocycles. The molecule has 0 radical (unpaired) electrons. The highest BCUT2D eigenvalue weighted by Gasteiger charge is 2.14. The Bertz CT molecular complexity index is 1210. The molecule has 33 heavy (non-hydrogen) atoms. The molecule has 5 rings (SSSR count). The lowest BCUT2D eigenvalue weighted by Crippen LogP contribution is -2.17. The minimum Gasteiger partial charge on any atom is -0.381 e. The normalized spacial score (nSPS) is 14.3. The van der Waals surface area contributed by atoms with Crippen LogP contribution in [0.15, 0.2) is 84.9 Å². The van der Waals surface area contributed by atoms with Crippen LogP contribution in [0.25, 0.3) is 20.9 Å². The largest absolute Gasteiger partial charge is 0.381 e. The predicted octanol–water partition coefficient (Wildman–Crippen LogP) is 8.36. The summed E-state index contributed by atoms with van der Waals surface area (Å²) >= 11 is 1.87. The van der Waals surface area contributed by atoms with Gasteiger partial charge in [0.1, 0.15) is 0 Å². The molecule has 2 nitrogen and oxygen atoms in total. The van der Waals surface area contributed by atoms with Crippen LogP contribution in [0.2, 0.25) is 0 Å². The molecular formula is C30H31NOS. The molecule has 0 unspecified atom stereocenters. The van der Waals surface area contributed by atoms with Gasteiger partial charge in [0.15, 0.2) is 0 Å². The Morgan fingerprint density at radius 3 is 2.42 bits per heavy atom. The van der Waals surface area contributed by atoms with Gasteiger partial charge in [0.2, 0.25) is 0 Å². The van der Waals surface area contributed by atoms with Crippen molar-refractivity contribution >= 4 is 22.7 Å². The van der Waals surface area contributed by atoms with Gasteiger partial charge in [-0.25, -0.2) is 0 Å². The Morgan fingerprint density at radius 1 is 0.818 bits per heavy atom. The van der Waals surface area contributed by atoms with Gasteiger partial charge in [-0.05, 0) is 90.3 Å². The maximum atomic E-state index is 5.51. The minimum atomic E-state index is 0.739. The molecule has 0 spiro atoms. The zero-order valence-electron chi connectivity index (χ0n) is 19.2. The molecule has 0 atom stereocenters. The van der Waals surface area contributed by atoms with Crippen molar-refractivity contribution < 1.29 is 4.74 Å². The maximum Gasteiger partial charge on any atom is 0.0468 e. The number of aryl methyl sites for hydroxylation is 1. The lowest BCUT2D eigenvalue weighted by Gasteiger charge is -2.22. The summed E-state index contributed by atoms with van der Waals surface area (Å²) in [4.78, 5) is 2.63. The molecule has 0 amide bonds. The lowest BCUT2D eigenvalue weighted by molar-refractivity contribution is 0.0665. The van der Waals surface area contributed by atoms with Crippen LogP contribution in [-0.2, 0) is 17.6 Å². The van der Waals surface area contributed by atoms with Gasteiger partial charge in [-0.2, -0.15) is 0 Å². The van der Waals surface area contributed by atoms with Crippen LogP contribution >= 0.6 is 11.3 Å². The minimum absolute atomic E-state index is 0.739. The molecule has 1 saturated heterocycles. The Labute approximate surface area is 201 Å². The first-order valence-corrected chi connectivity index (χ1v) is 12.8. The molecule has 2 heterocycles. The van der Waals surface area contributed by atoms with Crippen LogP contribution in [0.5, 0.6) is 0 Å². The van der Waals surface area contributed by atoms with Gasteiger partial charge in [-0.3, -0.25) is 0 Å². The second-order valence-electron chi connectivity index (χ2n) is 8.84. The fourth-order valence-corrected chi connectivity index (χ4v) is 5.75. The first-order chi connectivity index (χ1) is 16.3. The molecule has 1 fully saturated rings. The Kier molecular flexibility index (Phi) is 6.89. The summed E-state index contributed by atoms with van der Waals surface area (Å²) in [5.74, 6) is 0.739. The zero-order valence-corrected chi connectivity index (χ0v) is 20.0. The van der Waals surface area contributed by atoms with E-state index in [0.717, 1.165) is 43.3 Å². The highest BCUT2D eigenvalue weighted by Crippen LogP contribution is 2.37. The number of anilines is 2. The molecule has 168 valence electrons. The first-order valence-electron chi connectivity index (χ1n) is 12.0. The van der Waals surface area contributed by atoms with Crippen molar-refractivity contribution in [1.29, 1.82) is 0 Å². The smallest absolute Gasteiger partial charge is 0.0468 e. The number of ether oxygens (including phenoxy) is 1. The topological polar surface area (TPSA) is 21.3 Å². The van der Waals surface area contributed by atoms with E-state index in [1.54, 1.807) is 0 Å². The van der Waals surface area contributed by atoms with Gasteiger partial charge in [0.05, 0.1) is 0 Å². The zero-order chi connectivity index (χ0) is 22.5. The van der Waals surface area contributed by atoms with E-state index in [-0.39, 0.29) is 0 Å². The predicted molar refractivity (Wildman–Crippen MR) is 142 cm³/mol. The number of hydrogen-bond acceptors (Lipinski definition) is 3. The fraction of sp³-hybridized carbons (Fsp3) is 0.267. The van der Waals surface area contributed by atoms with Gasteiger partial charge in [0.25, 0.3) is 0 Å². The molecule has 1 aliphatic heterocycles. The molecule has 1 N–H and O–H groups in total. The third-order valence-electron chi connectivity index (χ3n) is 6.50. The number of rotatable bonds is 7. The monoisotopic (exact) mass is 453 g/mol. The molecule has 0 aliphatic carbocycles. The second kappa shape index (κ2) is 10.4. The van der Waals surface area contributed by atoms with E-state index in [1.165, 1.54) is 44.8 Å². The van der Waals surface area contributed by atoms with Crippen LogP contribution in [0.1, 0.15) is 30.9 Å².